The molecule has 0 aliphatic carbocycles. The van der Waals surface area contributed by atoms with Crippen molar-refractivity contribution in [2.24, 2.45) is 0 Å². The zero-order valence-electron chi connectivity index (χ0n) is 10.5. The van der Waals surface area contributed by atoms with Crippen molar-refractivity contribution < 1.29 is 12.8 Å². The molecule has 1 rings (SSSR count). The first-order valence-corrected chi connectivity index (χ1v) is 7.00. The maximum absolute atomic E-state index is 12.8. The number of halogens is 1. The summed E-state index contributed by atoms with van der Waals surface area (Å²) in [6.07, 6.45) is 0. The molecule has 0 heterocycles. The first-order valence-electron chi connectivity index (χ1n) is 5.56. The van der Waals surface area contributed by atoms with Crippen LogP contribution in [0.1, 0.15) is 27.7 Å². The van der Waals surface area contributed by atoms with E-state index in [1.165, 1.54) is 16.4 Å². The largest absolute Gasteiger partial charge is 0.243 e. The Morgan fingerprint density at radius 2 is 1.41 bits per heavy atom. The van der Waals surface area contributed by atoms with Crippen LogP contribution in [0.3, 0.4) is 0 Å². The van der Waals surface area contributed by atoms with Gasteiger partial charge in [0.25, 0.3) is 0 Å². The second-order valence-electron chi connectivity index (χ2n) is 4.48. The van der Waals surface area contributed by atoms with Crippen LogP contribution >= 0.6 is 0 Å². The number of hydrogen-bond donors (Lipinski definition) is 0. The molecular formula is C12H18FNO2S. The van der Waals surface area contributed by atoms with Gasteiger partial charge in [0, 0.05) is 12.1 Å². The van der Waals surface area contributed by atoms with E-state index in [0.29, 0.717) is 0 Å². The lowest BCUT2D eigenvalue weighted by molar-refractivity contribution is 0.302. The van der Waals surface area contributed by atoms with Crippen LogP contribution in [0, 0.1) is 5.82 Å². The van der Waals surface area contributed by atoms with Gasteiger partial charge in [-0.2, -0.15) is 4.31 Å². The van der Waals surface area contributed by atoms with E-state index in [1.54, 1.807) is 0 Å². The van der Waals surface area contributed by atoms with Crippen molar-refractivity contribution in [3.63, 3.8) is 0 Å². The van der Waals surface area contributed by atoms with Crippen LogP contribution in [-0.2, 0) is 10.0 Å². The third-order valence-corrected chi connectivity index (χ3v) is 4.67. The summed E-state index contributed by atoms with van der Waals surface area (Å²) in [7, 11) is -3.55. The van der Waals surface area contributed by atoms with Crippen molar-refractivity contribution in [1.29, 1.82) is 0 Å². The zero-order valence-corrected chi connectivity index (χ0v) is 11.3. The molecule has 0 unspecified atom stereocenters. The molecule has 0 saturated carbocycles. The smallest absolute Gasteiger partial charge is 0.207 e. The summed E-state index contributed by atoms with van der Waals surface area (Å²) in [6.45, 7) is 7.28. The van der Waals surface area contributed by atoms with E-state index in [9.17, 15) is 12.8 Å². The fourth-order valence-electron chi connectivity index (χ4n) is 1.88. The fourth-order valence-corrected chi connectivity index (χ4v) is 3.71. The van der Waals surface area contributed by atoms with E-state index in [4.69, 9.17) is 0 Å². The van der Waals surface area contributed by atoms with Gasteiger partial charge in [-0.3, -0.25) is 0 Å². The van der Waals surface area contributed by atoms with Crippen LogP contribution in [0.4, 0.5) is 4.39 Å². The van der Waals surface area contributed by atoms with E-state index in [-0.39, 0.29) is 17.0 Å². The summed E-state index contributed by atoms with van der Waals surface area (Å²) >= 11 is 0. The Hall–Kier alpha value is -0.940. The van der Waals surface area contributed by atoms with Crippen molar-refractivity contribution in [1.82, 2.24) is 4.31 Å². The molecule has 0 aromatic heterocycles. The summed E-state index contributed by atoms with van der Waals surface area (Å²) in [4.78, 5) is 0.126. The highest BCUT2D eigenvalue weighted by Gasteiger charge is 2.29. The van der Waals surface area contributed by atoms with Gasteiger partial charge < -0.3 is 0 Å². The molecule has 0 amide bonds. The molecule has 0 saturated heterocycles. The first kappa shape index (κ1) is 14.1. The van der Waals surface area contributed by atoms with Crippen molar-refractivity contribution >= 4 is 10.0 Å². The van der Waals surface area contributed by atoms with Gasteiger partial charge in [0.15, 0.2) is 0 Å². The summed E-state index contributed by atoms with van der Waals surface area (Å²) in [6, 6.07) is 4.64. The topological polar surface area (TPSA) is 37.4 Å². The molecule has 3 nitrogen and oxygen atoms in total. The van der Waals surface area contributed by atoms with Gasteiger partial charge in [-0.25, -0.2) is 12.8 Å². The quantitative estimate of drug-likeness (QED) is 0.833. The molecule has 0 fully saturated rings. The van der Waals surface area contributed by atoms with Crippen LogP contribution in [0.2, 0.25) is 0 Å². The number of nitrogens with zero attached hydrogens (tertiary/aromatic N) is 1. The molecule has 0 aliphatic rings. The number of hydrogen-bond acceptors (Lipinski definition) is 2. The minimum Gasteiger partial charge on any atom is -0.207 e. The van der Waals surface area contributed by atoms with Crippen molar-refractivity contribution in [3.8, 4) is 0 Å². The molecule has 0 radical (unpaired) electrons. The molecule has 0 aliphatic heterocycles. The Morgan fingerprint density at radius 3 is 1.76 bits per heavy atom. The molecule has 96 valence electrons. The maximum atomic E-state index is 12.8. The fraction of sp³-hybridized carbons (Fsp3) is 0.500. The van der Waals surface area contributed by atoms with Gasteiger partial charge in [-0.15, -0.1) is 0 Å². The van der Waals surface area contributed by atoms with Crippen LogP contribution < -0.4 is 0 Å². The van der Waals surface area contributed by atoms with Gasteiger partial charge in [0.2, 0.25) is 10.0 Å². The first-order chi connectivity index (χ1) is 7.76. The lowest BCUT2D eigenvalue weighted by Gasteiger charge is -2.29. The molecular weight excluding hydrogens is 241 g/mol. The summed E-state index contributed by atoms with van der Waals surface area (Å²) in [5.74, 6) is -0.440. The SMILES string of the molecule is CC(C)N(C(C)C)S(=O)(=O)c1ccc(F)cc1. The summed E-state index contributed by atoms with van der Waals surface area (Å²) in [5, 5.41) is 0. The van der Waals surface area contributed by atoms with E-state index in [2.05, 4.69) is 0 Å². The molecule has 1 aromatic rings. The highest BCUT2D eigenvalue weighted by atomic mass is 32.2. The van der Waals surface area contributed by atoms with E-state index in [0.717, 1.165) is 12.1 Å². The predicted molar refractivity (Wildman–Crippen MR) is 65.7 cm³/mol. The standard InChI is InChI=1S/C12H18FNO2S/c1-9(2)14(10(3)4)17(15,16)12-7-5-11(13)6-8-12/h5-10H,1-4H3. The van der Waals surface area contributed by atoms with Gasteiger partial charge in [0.05, 0.1) is 4.90 Å². The molecule has 5 heteroatoms. The van der Waals surface area contributed by atoms with Crippen molar-refractivity contribution in [2.45, 2.75) is 44.7 Å². The zero-order chi connectivity index (χ0) is 13.2. The average molecular weight is 259 g/mol. The molecule has 0 bridgehead atoms. The van der Waals surface area contributed by atoms with Gasteiger partial charge >= 0.3 is 0 Å². The second kappa shape index (κ2) is 5.14. The highest BCUT2D eigenvalue weighted by Crippen LogP contribution is 2.20. The van der Waals surface area contributed by atoms with Crippen LogP contribution in [0.15, 0.2) is 29.2 Å². The van der Waals surface area contributed by atoms with Gasteiger partial charge in [-0.05, 0) is 52.0 Å². The minimum absolute atomic E-state index is 0.126. The van der Waals surface area contributed by atoms with Crippen LogP contribution in [-0.4, -0.2) is 24.8 Å². The highest BCUT2D eigenvalue weighted by molar-refractivity contribution is 7.89. The van der Waals surface area contributed by atoms with E-state index >= 15 is 0 Å². The normalized spacial score (nSPS) is 12.7. The molecule has 17 heavy (non-hydrogen) atoms. The Labute approximate surface area is 102 Å². The Morgan fingerprint density at radius 1 is 1.00 bits per heavy atom. The van der Waals surface area contributed by atoms with Gasteiger partial charge in [0.1, 0.15) is 5.82 Å². The lowest BCUT2D eigenvalue weighted by atomic mass is 10.3. The average Bonchev–Trinajstić information content (AvgIpc) is 2.16. The van der Waals surface area contributed by atoms with Gasteiger partial charge in [-0.1, -0.05) is 0 Å². The third-order valence-electron chi connectivity index (χ3n) is 2.41. The minimum atomic E-state index is -3.55. The third kappa shape index (κ3) is 3.04. The second-order valence-corrected chi connectivity index (χ2v) is 6.32. The van der Waals surface area contributed by atoms with E-state index in [1.807, 2.05) is 27.7 Å². The molecule has 0 spiro atoms. The number of sulfonamides is 1. The van der Waals surface area contributed by atoms with E-state index < -0.39 is 15.8 Å². The maximum Gasteiger partial charge on any atom is 0.243 e. The monoisotopic (exact) mass is 259 g/mol. The number of rotatable bonds is 4. The molecule has 1 aromatic carbocycles. The van der Waals surface area contributed by atoms with Crippen LogP contribution in [0.5, 0.6) is 0 Å². The Balaban J connectivity index is 3.21. The lowest BCUT2D eigenvalue weighted by Crippen LogP contribution is -2.41. The van der Waals surface area contributed by atoms with Crippen molar-refractivity contribution in [3.05, 3.63) is 30.1 Å². The Kier molecular flexibility index (Phi) is 4.27. The summed E-state index contributed by atoms with van der Waals surface area (Å²) < 4.78 is 38.9. The summed E-state index contributed by atoms with van der Waals surface area (Å²) in [5.41, 5.74) is 0. The van der Waals surface area contributed by atoms with Crippen molar-refractivity contribution in [2.75, 3.05) is 0 Å². The van der Waals surface area contributed by atoms with Crippen LogP contribution in [0.25, 0.3) is 0 Å². The predicted octanol–water partition coefficient (Wildman–Crippen LogP) is 2.63. The molecule has 0 atom stereocenters. The molecule has 0 N–H and O–H groups in total. The number of benzene rings is 1. The Bertz CT molecular complexity index is 458.